The van der Waals surface area contributed by atoms with Crippen LogP contribution in [0.3, 0.4) is 0 Å². The molecule has 6 N–H and O–H groups in total. The van der Waals surface area contributed by atoms with Crippen LogP contribution in [0.1, 0.15) is 105 Å². The second kappa shape index (κ2) is 24.2. The maximum absolute atomic E-state index is 14.6. The summed E-state index contributed by atoms with van der Waals surface area (Å²) in [4.78, 5) is 65.4. The molecule has 0 saturated carbocycles. The molecule has 3 saturated heterocycles. The van der Waals surface area contributed by atoms with Gasteiger partial charge in [0.15, 0.2) is 18.7 Å². The van der Waals surface area contributed by atoms with E-state index in [-0.39, 0.29) is 42.8 Å². The number of carbonyl (C=O) groups is 4. The Balaban J connectivity index is 1.26. The number of Topliss-reactive ketones (excluding diaryl/α,β-unsaturated/α-hetero) is 1. The number of hydrazine groups is 1. The van der Waals surface area contributed by atoms with Crippen LogP contribution in [0.2, 0.25) is 0 Å². The number of ether oxygens (including phenoxy) is 9. The van der Waals surface area contributed by atoms with E-state index in [4.69, 9.17) is 42.6 Å². The zero-order valence-electron chi connectivity index (χ0n) is 46.1. The fourth-order valence-electron chi connectivity index (χ4n) is 11.2. The van der Waals surface area contributed by atoms with Crippen molar-refractivity contribution in [3.05, 3.63) is 48.0 Å². The molecule has 21 heteroatoms. The number of H-pyrrole nitrogens is 1. The lowest BCUT2D eigenvalue weighted by molar-refractivity contribution is -0.319. The first-order valence-electron chi connectivity index (χ1n) is 25.8. The number of ketones is 1. The van der Waals surface area contributed by atoms with Crippen molar-refractivity contribution in [2.45, 2.75) is 179 Å². The summed E-state index contributed by atoms with van der Waals surface area (Å²) < 4.78 is 56.4. The summed E-state index contributed by atoms with van der Waals surface area (Å²) in [6.45, 7) is 16.7. The van der Waals surface area contributed by atoms with Crippen LogP contribution in [-0.4, -0.2) is 174 Å². The number of fused-ring (bicyclic) bond motifs is 1. The van der Waals surface area contributed by atoms with Crippen molar-refractivity contribution in [2.75, 3.05) is 35.4 Å². The standard InChI is InChI=1S/C54H81N5O16/c1-16-39-54(10,66)44(62)29(4)41(60)27(2)25-52(8,68-14)45(74-50-42(61)37(59(11)12)23-28(3)70-50)30(5)43(31(6)49(64)72-39)73-40-26-53(9,69-15)46(32(7)71-40)75-51(65)58-57-48(63)33-21-22-35-36(24-33)56-47(55-35)34-19-17-18-20-38(34)67-13/h17-22,24,27-32,37,39-40,42-46,50,61-62,66H,16,23,25-26H2,1-15H3,(H,55,56)(H,57,63)(H,58,65)/t27-,28-,29+,30+,31-,32+,37+,39-,40+,42-,43+,44-,45-,46+,50+,52+,53-,54-/m1/s1. The summed E-state index contributed by atoms with van der Waals surface area (Å²) in [7, 11) is 8.21. The fraction of sp³-hybridized carbons (Fsp3) is 0.685. The van der Waals surface area contributed by atoms with E-state index in [0.717, 1.165) is 5.56 Å². The number of aromatic nitrogens is 2. The Labute approximate surface area is 439 Å². The van der Waals surface area contributed by atoms with Crippen molar-refractivity contribution in [1.29, 1.82) is 0 Å². The van der Waals surface area contributed by atoms with Crippen LogP contribution < -0.4 is 15.6 Å². The van der Waals surface area contributed by atoms with E-state index in [2.05, 4.69) is 20.8 Å². The second-order valence-electron chi connectivity index (χ2n) is 21.6. The van der Waals surface area contributed by atoms with Crippen molar-refractivity contribution in [3.63, 3.8) is 0 Å². The summed E-state index contributed by atoms with van der Waals surface area (Å²) in [5.74, 6) is -4.42. The number of amides is 2. The molecule has 1 aromatic heterocycles. The van der Waals surface area contributed by atoms with Crippen LogP contribution in [0.4, 0.5) is 4.79 Å². The Hall–Kier alpha value is -4.81. The number of rotatable bonds is 12. The molecule has 3 aliphatic heterocycles. The first-order valence-corrected chi connectivity index (χ1v) is 25.8. The average Bonchev–Trinajstić information content (AvgIpc) is 3.82. The molecule has 0 radical (unpaired) electrons. The molecule has 18 atom stereocenters. The number of carbonyl (C=O) groups excluding carboxylic acids is 4. The molecule has 0 spiro atoms. The number of hydrogen-bond donors (Lipinski definition) is 6. The predicted molar refractivity (Wildman–Crippen MR) is 274 cm³/mol. The number of para-hydroxylation sites is 1. The highest BCUT2D eigenvalue weighted by atomic mass is 16.7. The highest BCUT2D eigenvalue weighted by Gasteiger charge is 2.55. The number of aliphatic hydroxyl groups excluding tert-OH is 2. The first-order chi connectivity index (χ1) is 35.2. The number of imidazole rings is 1. The lowest BCUT2D eigenvalue weighted by Gasteiger charge is -2.50. The monoisotopic (exact) mass is 1060 g/mol. The Morgan fingerprint density at radius 1 is 0.880 bits per heavy atom. The van der Waals surface area contributed by atoms with Gasteiger partial charge >= 0.3 is 12.1 Å². The second-order valence-corrected chi connectivity index (χ2v) is 21.6. The third kappa shape index (κ3) is 12.8. The van der Waals surface area contributed by atoms with Gasteiger partial charge in [-0.2, -0.15) is 0 Å². The molecule has 0 bridgehead atoms. The Kier molecular flexibility index (Phi) is 19.2. The smallest absolute Gasteiger partial charge is 0.426 e. The molecule has 2 aromatic carbocycles. The van der Waals surface area contributed by atoms with Crippen molar-refractivity contribution >= 4 is 34.8 Å². The SMILES string of the molecule is CC[C@H]1OC(=O)[C@H](C)[C@@H](O[C@H]2C[C@@](C)(OC)[C@@H](OC(=O)NNC(=O)c3ccc4nc(-c5ccccc5OC)[nH]c4c3)[C@H](C)O2)[C@H](C)[C@@H](O[C@@H]2O[C@H](C)C[C@H](N(C)C)[C@H]2O)[C@@](C)(OC)C[C@@H](C)C(=O)[C@H](C)[C@@H](O)[C@]1(C)O. The largest absolute Gasteiger partial charge is 0.496 e. The normalized spacial score (nSPS) is 37.3. The zero-order chi connectivity index (χ0) is 55.5. The maximum Gasteiger partial charge on any atom is 0.426 e. The van der Waals surface area contributed by atoms with E-state index in [1.54, 1.807) is 73.8 Å². The molecule has 2 amide bonds. The topological polar surface area (TPSA) is 268 Å². The number of likely N-dealkylation sites (N-methyl/N-ethyl adjacent to an activating group) is 1. The molecule has 3 aromatic rings. The molecule has 4 heterocycles. The molecule has 21 nitrogen and oxygen atoms in total. The van der Waals surface area contributed by atoms with Crippen molar-refractivity contribution < 1.29 is 77.1 Å². The van der Waals surface area contributed by atoms with Gasteiger partial charge in [-0.25, -0.2) is 15.2 Å². The van der Waals surface area contributed by atoms with Gasteiger partial charge in [-0.1, -0.05) is 39.8 Å². The zero-order valence-corrected chi connectivity index (χ0v) is 46.1. The number of nitrogens with zero attached hydrogens (tertiary/aromatic N) is 2. The van der Waals surface area contributed by atoms with E-state index < -0.39 is 114 Å². The summed E-state index contributed by atoms with van der Waals surface area (Å²) in [6.07, 6.45) is -11.2. The van der Waals surface area contributed by atoms with Gasteiger partial charge in [-0.15, -0.1) is 0 Å². The average molecular weight is 1060 g/mol. The Morgan fingerprint density at radius 3 is 2.19 bits per heavy atom. The number of nitrogens with one attached hydrogen (secondary N) is 3. The predicted octanol–water partition coefficient (Wildman–Crippen LogP) is 5.07. The van der Waals surface area contributed by atoms with Gasteiger partial charge in [0.05, 0.1) is 65.7 Å². The quantitative estimate of drug-likeness (QED) is 0.102. The minimum Gasteiger partial charge on any atom is -0.496 e. The van der Waals surface area contributed by atoms with E-state index in [1.807, 2.05) is 50.2 Å². The van der Waals surface area contributed by atoms with Gasteiger partial charge in [0.2, 0.25) is 0 Å². The molecule has 6 rings (SSSR count). The minimum atomic E-state index is -2.04. The maximum atomic E-state index is 14.6. The van der Waals surface area contributed by atoms with E-state index in [1.165, 1.54) is 28.1 Å². The third-order valence-electron chi connectivity index (χ3n) is 15.8. The van der Waals surface area contributed by atoms with E-state index >= 15 is 0 Å². The van der Waals surface area contributed by atoms with Gasteiger partial charge in [-0.3, -0.25) is 19.8 Å². The molecular formula is C54H81N5O16. The number of benzene rings is 2. The first kappa shape index (κ1) is 59.4. The van der Waals surface area contributed by atoms with Crippen molar-refractivity contribution in [2.24, 2.45) is 23.7 Å². The van der Waals surface area contributed by atoms with E-state index in [0.29, 0.717) is 29.0 Å². The molecule has 0 aliphatic carbocycles. The summed E-state index contributed by atoms with van der Waals surface area (Å²) in [5.41, 5.74) is 2.19. The summed E-state index contributed by atoms with van der Waals surface area (Å²) >= 11 is 0. The van der Waals surface area contributed by atoms with E-state index in [9.17, 15) is 34.5 Å². The van der Waals surface area contributed by atoms with Crippen LogP contribution in [-0.2, 0) is 47.5 Å². The molecule has 418 valence electrons. The Morgan fingerprint density at radius 2 is 1.55 bits per heavy atom. The summed E-state index contributed by atoms with van der Waals surface area (Å²) in [5, 5.41) is 35.3. The number of hydrogen-bond acceptors (Lipinski definition) is 18. The van der Waals surface area contributed by atoms with Crippen LogP contribution in [0.5, 0.6) is 5.75 Å². The lowest BCUT2D eigenvalue weighted by atomic mass is 9.74. The van der Waals surface area contributed by atoms with Crippen LogP contribution in [0.15, 0.2) is 42.5 Å². The van der Waals surface area contributed by atoms with Crippen LogP contribution in [0.25, 0.3) is 22.4 Å². The lowest BCUT2D eigenvalue weighted by Crippen LogP contribution is -2.62. The van der Waals surface area contributed by atoms with Crippen LogP contribution in [0, 0.1) is 23.7 Å². The third-order valence-corrected chi connectivity index (χ3v) is 15.8. The van der Waals surface area contributed by atoms with Crippen molar-refractivity contribution in [3.8, 4) is 17.1 Å². The number of methoxy groups -OCH3 is 3. The highest BCUT2D eigenvalue weighted by Crippen LogP contribution is 2.42. The molecular weight excluding hydrogens is 975 g/mol. The van der Waals surface area contributed by atoms with Gasteiger partial charge in [0.25, 0.3) is 5.91 Å². The highest BCUT2D eigenvalue weighted by molar-refractivity contribution is 5.98. The van der Waals surface area contributed by atoms with Gasteiger partial charge in [-0.05, 0) is 105 Å². The van der Waals surface area contributed by atoms with Crippen molar-refractivity contribution in [1.82, 2.24) is 25.7 Å². The summed E-state index contributed by atoms with van der Waals surface area (Å²) in [6, 6.07) is 11.9. The van der Waals surface area contributed by atoms with Crippen LogP contribution >= 0.6 is 0 Å². The molecule has 3 aliphatic rings. The number of aliphatic hydroxyl groups is 3. The van der Waals surface area contributed by atoms with Gasteiger partial charge in [0.1, 0.15) is 40.8 Å². The Bertz CT molecular complexity index is 2450. The number of cyclic esters (lactones) is 1. The molecule has 3 fully saturated rings. The van der Waals surface area contributed by atoms with Gasteiger partial charge < -0.3 is 67.8 Å². The molecule has 0 unspecified atom stereocenters. The molecule has 75 heavy (non-hydrogen) atoms. The minimum absolute atomic E-state index is 0.0418. The van der Waals surface area contributed by atoms with Gasteiger partial charge in [0, 0.05) is 50.0 Å². The number of aromatic amines is 1. The number of esters is 1. The fourth-order valence-corrected chi connectivity index (χ4v) is 11.2.